The Kier molecular flexibility index (Phi) is 2.32. The lowest BCUT2D eigenvalue weighted by molar-refractivity contribution is 0.100. The molecule has 0 unspecified atom stereocenters. The molecule has 2 aromatic carbocycles. The maximum absolute atomic E-state index is 11.2. The maximum Gasteiger partial charge on any atom is 0.248 e. The molecule has 0 bridgehead atoms. The van der Waals surface area contributed by atoms with Crippen LogP contribution in [-0.2, 0) is 0 Å². The minimum absolute atomic E-state index is 0.452. The molecule has 2 aromatic heterocycles. The Bertz CT molecular complexity index is 982. The average Bonchev–Trinajstić information content (AvgIpc) is 3.11. The molecule has 4 aromatic rings. The number of nitrogens with one attached hydrogen (secondary N) is 2. The fourth-order valence-electron chi connectivity index (χ4n) is 2.38. The van der Waals surface area contributed by atoms with Gasteiger partial charge in [0.05, 0.1) is 28.4 Å². The Labute approximate surface area is 119 Å². The van der Waals surface area contributed by atoms with Crippen LogP contribution in [0.2, 0.25) is 0 Å². The van der Waals surface area contributed by atoms with Crippen molar-refractivity contribution in [1.82, 2.24) is 19.9 Å². The van der Waals surface area contributed by atoms with E-state index in [1.165, 1.54) is 0 Å². The van der Waals surface area contributed by atoms with Crippen molar-refractivity contribution in [3.05, 3.63) is 48.3 Å². The smallest absolute Gasteiger partial charge is 0.248 e. The average molecular weight is 277 g/mol. The van der Waals surface area contributed by atoms with Crippen LogP contribution in [0.1, 0.15) is 10.4 Å². The van der Waals surface area contributed by atoms with E-state index < -0.39 is 5.91 Å². The van der Waals surface area contributed by atoms with E-state index in [9.17, 15) is 4.79 Å². The number of nitrogens with two attached hydrogens (primary N) is 1. The van der Waals surface area contributed by atoms with Crippen molar-refractivity contribution in [3.8, 4) is 11.4 Å². The molecule has 0 aliphatic carbocycles. The van der Waals surface area contributed by atoms with Crippen molar-refractivity contribution in [3.63, 3.8) is 0 Å². The molecule has 0 spiro atoms. The zero-order chi connectivity index (χ0) is 14.4. The van der Waals surface area contributed by atoms with Gasteiger partial charge in [0.2, 0.25) is 5.91 Å². The molecule has 1 amide bonds. The Balaban J connectivity index is 1.87. The lowest BCUT2D eigenvalue weighted by Crippen LogP contribution is -2.10. The van der Waals surface area contributed by atoms with Crippen LogP contribution in [0.3, 0.4) is 0 Å². The summed E-state index contributed by atoms with van der Waals surface area (Å²) in [7, 11) is 0. The van der Waals surface area contributed by atoms with Crippen LogP contribution in [0.25, 0.3) is 33.5 Å². The molecule has 0 atom stereocenters. The zero-order valence-corrected chi connectivity index (χ0v) is 10.9. The summed E-state index contributed by atoms with van der Waals surface area (Å²) in [6, 6.07) is 11.0. The number of primary amides is 1. The van der Waals surface area contributed by atoms with Crippen molar-refractivity contribution < 1.29 is 4.79 Å². The summed E-state index contributed by atoms with van der Waals surface area (Å²) in [5.41, 5.74) is 10.1. The van der Waals surface area contributed by atoms with Gasteiger partial charge in [-0.25, -0.2) is 9.97 Å². The topological polar surface area (TPSA) is 100 Å². The Hall–Kier alpha value is -3.15. The fraction of sp³-hybridized carbons (Fsp3) is 0. The summed E-state index contributed by atoms with van der Waals surface area (Å²) >= 11 is 0. The maximum atomic E-state index is 11.2. The van der Waals surface area contributed by atoms with Crippen molar-refractivity contribution in [2.24, 2.45) is 5.73 Å². The summed E-state index contributed by atoms with van der Waals surface area (Å²) in [5.74, 6) is 0.287. The van der Waals surface area contributed by atoms with E-state index in [0.29, 0.717) is 5.56 Å². The third-order valence-electron chi connectivity index (χ3n) is 3.46. The van der Waals surface area contributed by atoms with Gasteiger partial charge in [0, 0.05) is 11.1 Å². The third kappa shape index (κ3) is 1.85. The van der Waals surface area contributed by atoms with E-state index in [4.69, 9.17) is 5.73 Å². The van der Waals surface area contributed by atoms with Crippen molar-refractivity contribution in [2.45, 2.75) is 0 Å². The first-order chi connectivity index (χ1) is 10.2. The number of carbonyl (C=O) groups excluding carboxylic acids is 1. The molecule has 102 valence electrons. The number of carbonyl (C=O) groups is 1. The number of benzene rings is 2. The van der Waals surface area contributed by atoms with Crippen LogP contribution in [0.5, 0.6) is 0 Å². The summed E-state index contributed by atoms with van der Waals surface area (Å²) in [6.45, 7) is 0. The van der Waals surface area contributed by atoms with Crippen molar-refractivity contribution >= 4 is 28.0 Å². The Morgan fingerprint density at radius 3 is 2.76 bits per heavy atom. The lowest BCUT2D eigenvalue weighted by Gasteiger charge is -1.96. The van der Waals surface area contributed by atoms with Crippen LogP contribution < -0.4 is 5.73 Å². The largest absolute Gasteiger partial charge is 0.366 e. The molecule has 21 heavy (non-hydrogen) atoms. The minimum Gasteiger partial charge on any atom is -0.366 e. The molecule has 0 aliphatic heterocycles. The highest BCUT2D eigenvalue weighted by molar-refractivity contribution is 5.96. The molecule has 0 aliphatic rings. The van der Waals surface area contributed by atoms with Crippen molar-refractivity contribution in [2.75, 3.05) is 0 Å². The van der Waals surface area contributed by atoms with Crippen LogP contribution in [-0.4, -0.2) is 25.8 Å². The number of H-pyrrole nitrogens is 2. The molecule has 4 N–H and O–H groups in total. The van der Waals surface area contributed by atoms with Gasteiger partial charge in [-0.05, 0) is 36.4 Å². The first-order valence-electron chi connectivity index (χ1n) is 6.44. The highest BCUT2D eigenvalue weighted by Gasteiger charge is 2.09. The fourth-order valence-corrected chi connectivity index (χ4v) is 2.38. The Morgan fingerprint density at radius 2 is 1.90 bits per heavy atom. The first-order valence-corrected chi connectivity index (χ1v) is 6.44. The van der Waals surface area contributed by atoms with Gasteiger partial charge in [0.15, 0.2) is 0 Å². The molecule has 0 fully saturated rings. The van der Waals surface area contributed by atoms with Gasteiger partial charge in [-0.3, -0.25) is 4.79 Å². The molecular formula is C15H11N5O. The lowest BCUT2D eigenvalue weighted by atomic mass is 10.2. The number of nitrogens with zero attached hydrogens (tertiary/aromatic N) is 2. The standard InChI is InChI=1S/C15H11N5O/c16-14(21)8-1-4-11-13(5-8)20-15(19-11)9-2-3-10-12(6-9)18-7-17-10/h1-7H,(H2,16,21)(H,17,18)(H,19,20). The number of amides is 1. The summed E-state index contributed by atoms with van der Waals surface area (Å²) in [6.07, 6.45) is 1.66. The van der Waals surface area contributed by atoms with Crippen molar-refractivity contribution in [1.29, 1.82) is 0 Å². The van der Waals surface area contributed by atoms with Gasteiger partial charge in [-0.15, -0.1) is 0 Å². The van der Waals surface area contributed by atoms with Gasteiger partial charge in [0.1, 0.15) is 5.82 Å². The van der Waals surface area contributed by atoms with Gasteiger partial charge in [0.25, 0.3) is 0 Å². The van der Waals surface area contributed by atoms with Crippen LogP contribution in [0.15, 0.2) is 42.7 Å². The zero-order valence-electron chi connectivity index (χ0n) is 10.9. The third-order valence-corrected chi connectivity index (χ3v) is 3.46. The van der Waals surface area contributed by atoms with Crippen LogP contribution >= 0.6 is 0 Å². The monoisotopic (exact) mass is 277 g/mol. The first kappa shape index (κ1) is 11.7. The molecular weight excluding hydrogens is 266 g/mol. The normalized spacial score (nSPS) is 11.2. The summed E-state index contributed by atoms with van der Waals surface area (Å²) in [4.78, 5) is 26.2. The molecule has 0 radical (unpaired) electrons. The second-order valence-electron chi connectivity index (χ2n) is 4.82. The molecule has 4 rings (SSSR count). The summed E-state index contributed by atoms with van der Waals surface area (Å²) < 4.78 is 0. The number of fused-ring (bicyclic) bond motifs is 2. The van der Waals surface area contributed by atoms with E-state index in [-0.39, 0.29) is 0 Å². The van der Waals surface area contributed by atoms with E-state index in [0.717, 1.165) is 33.5 Å². The number of hydrogen-bond donors (Lipinski definition) is 3. The van der Waals surface area contributed by atoms with E-state index in [1.807, 2.05) is 18.2 Å². The number of hydrogen-bond acceptors (Lipinski definition) is 3. The molecule has 6 heteroatoms. The van der Waals surface area contributed by atoms with Gasteiger partial charge < -0.3 is 15.7 Å². The second-order valence-corrected chi connectivity index (χ2v) is 4.82. The van der Waals surface area contributed by atoms with Gasteiger partial charge in [-0.2, -0.15) is 0 Å². The van der Waals surface area contributed by atoms with E-state index in [2.05, 4.69) is 19.9 Å². The number of aromatic amines is 2. The summed E-state index contributed by atoms with van der Waals surface area (Å²) in [5, 5.41) is 0. The van der Waals surface area contributed by atoms with Gasteiger partial charge in [-0.1, -0.05) is 0 Å². The predicted octanol–water partition coefficient (Wildman–Crippen LogP) is 2.21. The van der Waals surface area contributed by atoms with Crippen LogP contribution in [0, 0.1) is 0 Å². The van der Waals surface area contributed by atoms with Crippen LogP contribution in [0.4, 0.5) is 0 Å². The predicted molar refractivity (Wildman–Crippen MR) is 79.7 cm³/mol. The molecule has 2 heterocycles. The molecule has 6 nitrogen and oxygen atoms in total. The number of imidazole rings is 2. The number of aromatic nitrogens is 4. The van der Waals surface area contributed by atoms with E-state index >= 15 is 0 Å². The molecule has 0 saturated carbocycles. The quantitative estimate of drug-likeness (QED) is 0.523. The molecule has 0 saturated heterocycles. The highest BCUT2D eigenvalue weighted by atomic mass is 16.1. The SMILES string of the molecule is NC(=O)c1ccc2nc(-c3ccc4nc[nH]c4c3)[nH]c2c1. The highest BCUT2D eigenvalue weighted by Crippen LogP contribution is 2.23. The van der Waals surface area contributed by atoms with Gasteiger partial charge >= 0.3 is 0 Å². The Morgan fingerprint density at radius 1 is 1.05 bits per heavy atom. The second kappa shape index (κ2) is 4.17. The number of rotatable bonds is 2. The van der Waals surface area contributed by atoms with E-state index in [1.54, 1.807) is 24.5 Å². The minimum atomic E-state index is -0.452.